The molecule has 18 heavy (non-hydrogen) atoms. The third-order valence-corrected chi connectivity index (χ3v) is 2.19. The van der Waals surface area contributed by atoms with Crippen molar-refractivity contribution in [3.05, 3.63) is 27.3 Å². The number of hydrogen-bond acceptors (Lipinski definition) is 6. The van der Waals surface area contributed by atoms with Crippen LogP contribution in [0.3, 0.4) is 0 Å². The normalized spacial score (nSPS) is 9.67. The number of nitro groups is 1. The number of nitrogens with zero attached hydrogens (tertiary/aromatic N) is 1. The summed E-state index contributed by atoms with van der Waals surface area (Å²) in [5, 5.41) is 19.9. The minimum Gasteiger partial charge on any atom is -0.490 e. The Bertz CT molecular complexity index is 523. The van der Waals surface area contributed by atoms with Crippen molar-refractivity contribution in [2.45, 2.75) is 0 Å². The summed E-state index contributed by atoms with van der Waals surface area (Å²) in [6, 6.07) is 0.958. The summed E-state index contributed by atoms with van der Waals surface area (Å²) in [4.78, 5) is 31.8. The molecule has 1 N–H and O–H groups in total. The van der Waals surface area contributed by atoms with Crippen LogP contribution in [0.1, 0.15) is 20.7 Å². The van der Waals surface area contributed by atoms with Crippen LogP contribution in [0.2, 0.25) is 0 Å². The zero-order valence-corrected chi connectivity index (χ0v) is 9.50. The van der Waals surface area contributed by atoms with E-state index >= 15 is 0 Å². The zero-order valence-electron chi connectivity index (χ0n) is 9.50. The molecule has 0 spiro atoms. The summed E-state index contributed by atoms with van der Waals surface area (Å²) >= 11 is 0. The summed E-state index contributed by atoms with van der Waals surface area (Å²) in [5.74, 6) is -2.24. The number of carbonyl (C=O) groups is 2. The molecule has 0 atom stereocenters. The van der Waals surface area contributed by atoms with Gasteiger partial charge in [-0.25, -0.2) is 4.79 Å². The molecule has 0 aromatic heterocycles. The lowest BCUT2D eigenvalue weighted by Gasteiger charge is -2.10. The number of ether oxygens (including phenoxy) is 2. The average Bonchev–Trinajstić information content (AvgIpc) is 2.35. The summed E-state index contributed by atoms with van der Waals surface area (Å²) in [5.41, 5.74) is -1.41. The monoisotopic (exact) mass is 255 g/mol. The number of aromatic carboxylic acids is 1. The van der Waals surface area contributed by atoms with Crippen molar-refractivity contribution in [3.8, 4) is 11.5 Å². The molecule has 96 valence electrons. The van der Waals surface area contributed by atoms with Crippen LogP contribution in [0.25, 0.3) is 0 Å². The molecule has 0 heterocycles. The highest BCUT2D eigenvalue weighted by Gasteiger charge is 2.31. The lowest BCUT2D eigenvalue weighted by Crippen LogP contribution is -2.07. The highest BCUT2D eigenvalue weighted by Crippen LogP contribution is 2.41. The molecule has 0 bridgehead atoms. The first-order valence-electron chi connectivity index (χ1n) is 4.59. The number of rotatable bonds is 5. The summed E-state index contributed by atoms with van der Waals surface area (Å²) in [6.45, 7) is 0. The van der Waals surface area contributed by atoms with E-state index in [2.05, 4.69) is 0 Å². The quantitative estimate of drug-likeness (QED) is 0.476. The Morgan fingerprint density at radius 3 is 2.28 bits per heavy atom. The number of carboxylic acids is 1. The van der Waals surface area contributed by atoms with E-state index in [0.29, 0.717) is 0 Å². The molecule has 1 aromatic rings. The molecule has 0 unspecified atom stereocenters. The van der Waals surface area contributed by atoms with Crippen LogP contribution >= 0.6 is 0 Å². The zero-order chi connectivity index (χ0) is 13.9. The fraction of sp³-hybridized carbons (Fsp3) is 0.200. The van der Waals surface area contributed by atoms with Gasteiger partial charge in [0.15, 0.2) is 6.29 Å². The predicted molar refractivity (Wildman–Crippen MR) is 58.5 cm³/mol. The Morgan fingerprint density at radius 1 is 1.39 bits per heavy atom. The van der Waals surface area contributed by atoms with E-state index in [0.717, 1.165) is 20.3 Å². The molecule has 0 fully saturated rings. The van der Waals surface area contributed by atoms with Crippen molar-refractivity contribution in [1.82, 2.24) is 0 Å². The van der Waals surface area contributed by atoms with Gasteiger partial charge in [-0.2, -0.15) is 0 Å². The molecule has 0 radical (unpaired) electrons. The summed E-state index contributed by atoms with van der Waals surface area (Å²) in [6.07, 6.45) is 0.276. The van der Waals surface area contributed by atoms with Crippen molar-refractivity contribution in [1.29, 1.82) is 0 Å². The highest BCUT2D eigenvalue weighted by atomic mass is 16.6. The second-order valence-electron chi connectivity index (χ2n) is 3.11. The van der Waals surface area contributed by atoms with E-state index in [1.807, 2.05) is 0 Å². The lowest BCUT2D eigenvalue weighted by atomic mass is 10.1. The van der Waals surface area contributed by atoms with Gasteiger partial charge in [-0.3, -0.25) is 14.9 Å². The number of methoxy groups -OCH3 is 2. The molecule has 0 aliphatic heterocycles. The fourth-order valence-corrected chi connectivity index (χ4v) is 1.49. The number of nitro benzene ring substituents is 1. The van der Waals surface area contributed by atoms with Gasteiger partial charge in [-0.1, -0.05) is 0 Å². The molecule has 0 aliphatic rings. The van der Waals surface area contributed by atoms with Crippen molar-refractivity contribution in [2.75, 3.05) is 14.2 Å². The fourth-order valence-electron chi connectivity index (χ4n) is 1.49. The molecule has 0 amide bonds. The summed E-state index contributed by atoms with van der Waals surface area (Å²) in [7, 11) is 2.23. The Hall–Kier alpha value is -2.64. The van der Waals surface area contributed by atoms with Crippen molar-refractivity contribution >= 4 is 17.9 Å². The molecule has 0 aliphatic carbocycles. The second kappa shape index (κ2) is 5.13. The second-order valence-corrected chi connectivity index (χ2v) is 3.11. The molecule has 1 rings (SSSR count). The van der Waals surface area contributed by atoms with Crippen LogP contribution in [-0.2, 0) is 0 Å². The van der Waals surface area contributed by atoms with Gasteiger partial charge in [-0.05, 0) is 6.07 Å². The van der Waals surface area contributed by atoms with Crippen LogP contribution in [0, 0.1) is 10.1 Å². The topological polar surface area (TPSA) is 116 Å². The minimum absolute atomic E-state index is 0.234. The predicted octanol–water partition coefficient (Wildman–Crippen LogP) is 1.12. The average molecular weight is 255 g/mol. The summed E-state index contributed by atoms with van der Waals surface area (Å²) < 4.78 is 9.48. The molecule has 0 saturated carbocycles. The van der Waals surface area contributed by atoms with E-state index in [-0.39, 0.29) is 17.6 Å². The van der Waals surface area contributed by atoms with E-state index < -0.39 is 27.9 Å². The molecule has 8 heteroatoms. The maximum absolute atomic E-state index is 11.0. The van der Waals surface area contributed by atoms with Crippen LogP contribution < -0.4 is 9.47 Å². The standard InChI is InChI=1S/C10H9NO7/c1-17-8-5(4-12)3-6(10(13)14)9(18-2)7(8)11(15)16/h3-4H,1-2H3,(H,13,14). The molecule has 1 aromatic carbocycles. The van der Waals surface area contributed by atoms with Gasteiger partial charge < -0.3 is 14.6 Å². The van der Waals surface area contributed by atoms with E-state index in [1.54, 1.807) is 0 Å². The van der Waals surface area contributed by atoms with E-state index in [4.69, 9.17) is 14.6 Å². The Labute approximate surface area is 101 Å². The van der Waals surface area contributed by atoms with E-state index in [1.165, 1.54) is 0 Å². The molecular formula is C10H9NO7. The number of carboxylic acid groups (broad SMARTS) is 1. The molecule has 0 saturated heterocycles. The Kier molecular flexibility index (Phi) is 3.82. The van der Waals surface area contributed by atoms with Gasteiger partial charge >= 0.3 is 11.7 Å². The van der Waals surface area contributed by atoms with Crippen LogP contribution in [0.4, 0.5) is 5.69 Å². The number of aldehydes is 1. The first-order valence-corrected chi connectivity index (χ1v) is 4.59. The third kappa shape index (κ3) is 2.08. The van der Waals surface area contributed by atoms with Gasteiger partial charge in [0.1, 0.15) is 5.56 Å². The smallest absolute Gasteiger partial charge is 0.353 e. The third-order valence-electron chi connectivity index (χ3n) is 2.19. The first kappa shape index (κ1) is 13.4. The van der Waals surface area contributed by atoms with Crippen LogP contribution in [-0.4, -0.2) is 36.5 Å². The van der Waals surface area contributed by atoms with Crippen molar-refractivity contribution in [3.63, 3.8) is 0 Å². The largest absolute Gasteiger partial charge is 0.490 e. The van der Waals surface area contributed by atoms with Crippen LogP contribution in [0.15, 0.2) is 6.07 Å². The lowest BCUT2D eigenvalue weighted by molar-refractivity contribution is -0.386. The Balaban J connectivity index is 3.80. The van der Waals surface area contributed by atoms with Gasteiger partial charge in [0.2, 0.25) is 11.5 Å². The van der Waals surface area contributed by atoms with Crippen LogP contribution in [0.5, 0.6) is 11.5 Å². The maximum Gasteiger partial charge on any atom is 0.353 e. The maximum atomic E-state index is 11.0. The first-order chi connectivity index (χ1) is 8.47. The van der Waals surface area contributed by atoms with Gasteiger partial charge in [0, 0.05) is 0 Å². The molecule has 8 nitrogen and oxygen atoms in total. The van der Waals surface area contributed by atoms with Crippen molar-refractivity contribution in [2.24, 2.45) is 0 Å². The Morgan fingerprint density at radius 2 is 1.94 bits per heavy atom. The minimum atomic E-state index is -1.44. The van der Waals surface area contributed by atoms with E-state index in [9.17, 15) is 19.7 Å². The highest BCUT2D eigenvalue weighted by molar-refractivity contribution is 5.97. The number of benzene rings is 1. The van der Waals surface area contributed by atoms with Gasteiger partial charge in [0.25, 0.3) is 0 Å². The van der Waals surface area contributed by atoms with Gasteiger partial charge in [-0.15, -0.1) is 0 Å². The molecular weight excluding hydrogens is 246 g/mol. The number of carbonyl (C=O) groups excluding carboxylic acids is 1. The number of hydrogen-bond donors (Lipinski definition) is 1. The van der Waals surface area contributed by atoms with Crippen molar-refractivity contribution < 1.29 is 29.1 Å². The SMILES string of the molecule is COc1c(C=O)cc(C(=O)O)c(OC)c1[N+](=O)[O-]. The van der Waals surface area contributed by atoms with Gasteiger partial charge in [0.05, 0.1) is 24.7 Å².